The normalized spacial score (nSPS) is 10.4. The quantitative estimate of drug-likeness (QED) is 0.394. The molecule has 0 saturated carbocycles. The Morgan fingerprint density at radius 3 is 2.33 bits per heavy atom. The van der Waals surface area contributed by atoms with Crippen molar-refractivity contribution < 1.29 is 8.78 Å². The number of hydrogen-bond acceptors (Lipinski definition) is 0. The molecule has 0 aliphatic rings. The lowest BCUT2D eigenvalue weighted by Crippen LogP contribution is -1.92. The predicted molar refractivity (Wildman–Crippen MR) is 54.4 cm³/mol. The first-order chi connectivity index (χ1) is 5.57. The van der Waals surface area contributed by atoms with Crippen molar-refractivity contribution in [3.8, 4) is 0 Å². The highest BCUT2D eigenvalue weighted by Crippen LogP contribution is 2.30. The molecule has 0 aromatic heterocycles. The second kappa shape index (κ2) is 4.15. The summed E-state index contributed by atoms with van der Waals surface area (Å²) in [6.07, 6.45) is 0. The van der Waals surface area contributed by atoms with Crippen molar-refractivity contribution in [2.75, 3.05) is 0 Å². The van der Waals surface area contributed by atoms with E-state index in [1.807, 2.05) is 0 Å². The van der Waals surface area contributed by atoms with Gasteiger partial charge in [0.05, 0.1) is 4.47 Å². The molecule has 0 saturated heterocycles. The Hall–Kier alpha value is 0.520. The molecular formula is C7H3Br3F2. The summed E-state index contributed by atoms with van der Waals surface area (Å²) in [4.78, 5) is 0. The molecule has 12 heavy (non-hydrogen) atoms. The molecule has 1 rings (SSSR count). The molecule has 1 aromatic carbocycles. The molecule has 0 aliphatic carbocycles. The maximum Gasteiger partial charge on any atom is 0.145 e. The van der Waals surface area contributed by atoms with E-state index >= 15 is 0 Å². The van der Waals surface area contributed by atoms with Gasteiger partial charge in [-0.15, -0.1) is 0 Å². The summed E-state index contributed by atoms with van der Waals surface area (Å²) in [6, 6.07) is 1.23. The summed E-state index contributed by atoms with van der Waals surface area (Å²) in [5.41, 5.74) is 0.406. The standard InChI is InChI=1S/C7H3Br3F2/c8-2-3-4(9)1-5(11)6(10)7(3)12/h1H,2H2. The van der Waals surface area contributed by atoms with Gasteiger partial charge in [0.2, 0.25) is 0 Å². The van der Waals surface area contributed by atoms with Gasteiger partial charge in [0.25, 0.3) is 0 Å². The molecule has 0 N–H and O–H groups in total. The lowest BCUT2D eigenvalue weighted by molar-refractivity contribution is 0.563. The van der Waals surface area contributed by atoms with Crippen LogP contribution in [0.25, 0.3) is 0 Å². The van der Waals surface area contributed by atoms with Crippen LogP contribution in [0, 0.1) is 11.6 Å². The van der Waals surface area contributed by atoms with Gasteiger partial charge in [0.1, 0.15) is 11.6 Å². The van der Waals surface area contributed by atoms with Crippen LogP contribution in [0.15, 0.2) is 15.0 Å². The van der Waals surface area contributed by atoms with E-state index in [4.69, 9.17) is 0 Å². The smallest absolute Gasteiger partial charge is 0.145 e. The third-order valence-corrected chi connectivity index (χ3v) is 3.34. The summed E-state index contributed by atoms with van der Waals surface area (Å²) in [6.45, 7) is 0. The number of halogens is 5. The summed E-state index contributed by atoms with van der Waals surface area (Å²) in [5.74, 6) is -1.18. The Kier molecular flexibility index (Phi) is 3.67. The van der Waals surface area contributed by atoms with E-state index < -0.39 is 11.6 Å². The van der Waals surface area contributed by atoms with E-state index in [1.54, 1.807) is 0 Å². The summed E-state index contributed by atoms with van der Waals surface area (Å²) in [7, 11) is 0. The second-order valence-corrected chi connectivity index (χ2v) is 4.29. The number of benzene rings is 1. The van der Waals surface area contributed by atoms with Gasteiger partial charge in [0.15, 0.2) is 0 Å². The summed E-state index contributed by atoms with van der Waals surface area (Å²) in [5, 5.41) is 0.346. The predicted octanol–water partition coefficient (Wildman–Crippen LogP) is 4.38. The van der Waals surface area contributed by atoms with Crippen molar-refractivity contribution in [2.24, 2.45) is 0 Å². The van der Waals surface area contributed by atoms with Crippen LogP contribution in [0.4, 0.5) is 8.78 Å². The van der Waals surface area contributed by atoms with Crippen LogP contribution in [-0.4, -0.2) is 0 Å². The minimum absolute atomic E-state index is 0.125. The van der Waals surface area contributed by atoms with Crippen LogP contribution in [0.1, 0.15) is 5.56 Å². The molecule has 0 nitrogen and oxygen atoms in total. The lowest BCUT2D eigenvalue weighted by atomic mass is 10.2. The Morgan fingerprint density at radius 1 is 1.25 bits per heavy atom. The fourth-order valence-electron chi connectivity index (χ4n) is 0.726. The van der Waals surface area contributed by atoms with Gasteiger partial charge in [-0.05, 0) is 22.0 Å². The molecule has 0 atom stereocenters. The van der Waals surface area contributed by atoms with Gasteiger partial charge in [0, 0.05) is 15.4 Å². The number of rotatable bonds is 1. The molecule has 0 aliphatic heterocycles. The van der Waals surface area contributed by atoms with E-state index in [9.17, 15) is 8.78 Å². The summed E-state index contributed by atoms with van der Waals surface area (Å²) < 4.78 is 26.3. The minimum atomic E-state index is -0.607. The van der Waals surface area contributed by atoms with Crippen LogP contribution in [0.2, 0.25) is 0 Å². The van der Waals surface area contributed by atoms with E-state index in [2.05, 4.69) is 47.8 Å². The fraction of sp³-hybridized carbons (Fsp3) is 0.143. The molecule has 66 valence electrons. The lowest BCUT2D eigenvalue weighted by Gasteiger charge is -2.04. The molecule has 0 spiro atoms. The van der Waals surface area contributed by atoms with E-state index in [-0.39, 0.29) is 4.47 Å². The first-order valence-electron chi connectivity index (χ1n) is 2.95. The zero-order valence-electron chi connectivity index (χ0n) is 5.67. The van der Waals surface area contributed by atoms with Gasteiger partial charge < -0.3 is 0 Å². The number of hydrogen-bond donors (Lipinski definition) is 0. The molecule has 1 aromatic rings. The molecule has 0 heterocycles. The Bertz CT molecular complexity index is 312. The first kappa shape index (κ1) is 10.6. The minimum Gasteiger partial charge on any atom is -0.206 e. The molecule has 0 bridgehead atoms. The molecule has 0 unspecified atom stereocenters. The zero-order chi connectivity index (χ0) is 9.30. The summed E-state index contributed by atoms with van der Waals surface area (Å²) >= 11 is 8.98. The van der Waals surface area contributed by atoms with E-state index in [0.29, 0.717) is 15.4 Å². The van der Waals surface area contributed by atoms with Crippen molar-refractivity contribution in [3.05, 3.63) is 32.2 Å². The topological polar surface area (TPSA) is 0 Å². The van der Waals surface area contributed by atoms with Crippen molar-refractivity contribution in [3.63, 3.8) is 0 Å². The van der Waals surface area contributed by atoms with Crippen LogP contribution in [-0.2, 0) is 5.33 Å². The van der Waals surface area contributed by atoms with Crippen LogP contribution < -0.4 is 0 Å². The second-order valence-electron chi connectivity index (χ2n) is 2.08. The molecule has 0 amide bonds. The van der Waals surface area contributed by atoms with E-state index in [0.717, 1.165) is 0 Å². The monoisotopic (exact) mass is 362 g/mol. The largest absolute Gasteiger partial charge is 0.206 e. The first-order valence-corrected chi connectivity index (χ1v) is 5.66. The highest BCUT2D eigenvalue weighted by atomic mass is 79.9. The SMILES string of the molecule is Fc1cc(Br)c(CBr)c(F)c1Br. The van der Waals surface area contributed by atoms with E-state index in [1.165, 1.54) is 6.07 Å². The Balaban J connectivity index is 3.40. The van der Waals surface area contributed by atoms with Gasteiger partial charge in [-0.2, -0.15) is 0 Å². The zero-order valence-corrected chi connectivity index (χ0v) is 10.4. The van der Waals surface area contributed by atoms with Crippen LogP contribution >= 0.6 is 47.8 Å². The van der Waals surface area contributed by atoms with Crippen LogP contribution in [0.5, 0.6) is 0 Å². The maximum absolute atomic E-state index is 13.2. The van der Waals surface area contributed by atoms with Crippen LogP contribution in [0.3, 0.4) is 0 Å². The fourth-order valence-corrected chi connectivity index (χ4v) is 2.52. The molecule has 0 radical (unpaired) electrons. The van der Waals surface area contributed by atoms with Gasteiger partial charge in [-0.3, -0.25) is 0 Å². The van der Waals surface area contributed by atoms with Gasteiger partial charge in [-0.1, -0.05) is 31.9 Å². The maximum atomic E-state index is 13.2. The molecule has 0 fully saturated rings. The molecular weight excluding hydrogens is 362 g/mol. The number of alkyl halides is 1. The van der Waals surface area contributed by atoms with Crippen molar-refractivity contribution in [2.45, 2.75) is 5.33 Å². The van der Waals surface area contributed by atoms with Gasteiger partial charge >= 0.3 is 0 Å². The Labute approximate surface area is 93.7 Å². The van der Waals surface area contributed by atoms with Crippen molar-refractivity contribution >= 4 is 47.8 Å². The average molecular weight is 365 g/mol. The van der Waals surface area contributed by atoms with Gasteiger partial charge in [-0.25, -0.2) is 8.78 Å². The highest BCUT2D eigenvalue weighted by Gasteiger charge is 2.13. The molecule has 5 heteroatoms. The van der Waals surface area contributed by atoms with Crippen molar-refractivity contribution in [1.82, 2.24) is 0 Å². The highest BCUT2D eigenvalue weighted by molar-refractivity contribution is 9.11. The Morgan fingerprint density at radius 2 is 1.83 bits per heavy atom. The average Bonchev–Trinajstić information content (AvgIpc) is 2.01. The third kappa shape index (κ3) is 1.88. The van der Waals surface area contributed by atoms with Crippen molar-refractivity contribution in [1.29, 1.82) is 0 Å². The third-order valence-electron chi connectivity index (χ3n) is 1.34.